The second kappa shape index (κ2) is 9.38. The molecule has 0 atom stereocenters. The quantitative estimate of drug-likeness (QED) is 0.226. The van der Waals surface area contributed by atoms with Crippen molar-refractivity contribution in [1.29, 1.82) is 0 Å². The number of rotatable bonds is 9. The van der Waals surface area contributed by atoms with Gasteiger partial charge in [0.05, 0.1) is 0 Å². The van der Waals surface area contributed by atoms with Crippen molar-refractivity contribution in [2.75, 3.05) is 20.1 Å². The number of aliphatic hydroxyl groups is 1. The molecule has 0 fully saturated rings. The molecule has 0 aromatic carbocycles. The summed E-state index contributed by atoms with van der Waals surface area (Å²) in [6, 6.07) is 0. The van der Waals surface area contributed by atoms with E-state index in [0.717, 1.165) is 19.3 Å². The van der Waals surface area contributed by atoms with Crippen molar-refractivity contribution in [2.24, 2.45) is 0 Å². The van der Waals surface area contributed by atoms with E-state index in [1.807, 2.05) is 6.92 Å². The molecule has 1 radical (unpaired) electrons. The Hall–Kier alpha value is 1.22. The number of nitrogens with zero attached hydrogens (tertiary/aromatic N) is 1. The fourth-order valence-electron chi connectivity index (χ4n) is 1.55. The van der Waals surface area contributed by atoms with Gasteiger partial charge in [-0.25, -0.2) is 0 Å². The summed E-state index contributed by atoms with van der Waals surface area (Å²) in [5.74, 6) is 0. The molecule has 8 nitrogen and oxygen atoms in total. The van der Waals surface area contributed by atoms with Crippen molar-refractivity contribution in [3.05, 3.63) is 0 Å². The largest absolute Gasteiger partial charge is 0.369 e. The Labute approximate surface area is 141 Å². The van der Waals surface area contributed by atoms with E-state index in [1.54, 1.807) is 11.9 Å². The maximum absolute atomic E-state index is 11.1. The molecule has 0 aromatic rings. The summed E-state index contributed by atoms with van der Waals surface area (Å²) in [4.78, 5) is 37.5. The van der Waals surface area contributed by atoms with Crippen LogP contribution in [-0.2, 0) is 9.13 Å². The molecule has 0 heterocycles. The average Bonchev–Trinajstić information content (AvgIpc) is 2.23. The predicted octanol–water partition coefficient (Wildman–Crippen LogP) is 0.119. The third kappa shape index (κ3) is 6.99. The van der Waals surface area contributed by atoms with Crippen LogP contribution in [0.15, 0.2) is 0 Å². The van der Waals surface area contributed by atoms with Crippen molar-refractivity contribution in [3.63, 3.8) is 0 Å². The summed E-state index contributed by atoms with van der Waals surface area (Å²) in [5, 5.41) is 6.35. The van der Waals surface area contributed by atoms with E-state index < -0.39 is 26.7 Å². The SMILES string of the molecule is CCCCCN(C)CCC(O)(P(=O)(O)O)P(=O)(O)O.[Na]. The van der Waals surface area contributed by atoms with Crippen molar-refractivity contribution >= 4 is 44.7 Å². The van der Waals surface area contributed by atoms with Crippen LogP contribution in [0.1, 0.15) is 32.6 Å². The molecule has 0 bridgehead atoms. The first-order valence-electron chi connectivity index (χ1n) is 5.98. The van der Waals surface area contributed by atoms with Crippen molar-refractivity contribution in [2.45, 2.75) is 37.7 Å². The van der Waals surface area contributed by atoms with Crippen LogP contribution in [0.5, 0.6) is 0 Å². The van der Waals surface area contributed by atoms with Crippen LogP contribution < -0.4 is 0 Å². The van der Waals surface area contributed by atoms with E-state index in [4.69, 9.17) is 19.6 Å². The molecule has 0 aliphatic heterocycles. The van der Waals surface area contributed by atoms with Gasteiger partial charge in [0.1, 0.15) is 0 Å². The van der Waals surface area contributed by atoms with E-state index in [-0.39, 0.29) is 36.1 Å². The molecule has 0 saturated carbocycles. The first-order chi connectivity index (χ1) is 8.45. The minimum absolute atomic E-state index is 0. The van der Waals surface area contributed by atoms with Crippen LogP contribution in [0.25, 0.3) is 0 Å². The van der Waals surface area contributed by atoms with Gasteiger partial charge in [-0.15, -0.1) is 0 Å². The molecule has 0 rings (SSSR count). The van der Waals surface area contributed by atoms with Crippen LogP contribution in [0.2, 0.25) is 0 Å². The zero-order valence-corrected chi connectivity index (χ0v) is 15.9. The fraction of sp³-hybridized carbons (Fsp3) is 1.00. The minimum atomic E-state index is -5.33. The Kier molecular flexibility index (Phi) is 11.0. The molecule has 0 spiro atoms. The third-order valence-corrected chi connectivity index (χ3v) is 6.78. The molecule has 117 valence electrons. The van der Waals surface area contributed by atoms with E-state index in [2.05, 4.69) is 0 Å². The van der Waals surface area contributed by atoms with Gasteiger partial charge in [0.15, 0.2) is 0 Å². The summed E-state index contributed by atoms with van der Waals surface area (Å²) in [7, 11) is -9.00. The second-order valence-corrected chi connectivity index (χ2v) is 8.63. The summed E-state index contributed by atoms with van der Waals surface area (Å²) in [6.45, 7) is 2.64. The number of hydrogen-bond donors (Lipinski definition) is 5. The van der Waals surface area contributed by atoms with Crippen molar-refractivity contribution in [3.8, 4) is 0 Å². The molecule has 5 N–H and O–H groups in total. The van der Waals surface area contributed by atoms with E-state index in [9.17, 15) is 14.2 Å². The van der Waals surface area contributed by atoms with Gasteiger partial charge in [0.25, 0.3) is 5.08 Å². The molecule has 20 heavy (non-hydrogen) atoms. The van der Waals surface area contributed by atoms with Gasteiger partial charge in [0.2, 0.25) is 0 Å². The van der Waals surface area contributed by atoms with Gasteiger partial charge >= 0.3 is 15.2 Å². The van der Waals surface area contributed by atoms with E-state index in [0.29, 0.717) is 6.54 Å². The predicted molar refractivity (Wildman–Crippen MR) is 76.4 cm³/mol. The molecule has 0 aliphatic carbocycles. The summed E-state index contributed by atoms with van der Waals surface area (Å²) in [5.41, 5.74) is 0. The zero-order chi connectivity index (χ0) is 15.3. The number of unbranched alkanes of at least 4 members (excludes halogenated alkanes) is 2. The summed E-state index contributed by atoms with van der Waals surface area (Å²) < 4.78 is 22.2. The van der Waals surface area contributed by atoms with Gasteiger partial charge in [-0.3, -0.25) is 9.13 Å². The van der Waals surface area contributed by atoms with Crippen LogP contribution >= 0.6 is 15.2 Å². The number of hydrogen-bond acceptors (Lipinski definition) is 4. The molecule has 0 saturated heterocycles. The molecule has 0 aliphatic rings. The first kappa shape index (κ1) is 23.5. The topological polar surface area (TPSA) is 139 Å². The van der Waals surface area contributed by atoms with Crippen LogP contribution in [0.3, 0.4) is 0 Å². The van der Waals surface area contributed by atoms with Gasteiger partial charge < -0.3 is 29.6 Å². The normalized spacial score (nSPS) is 13.4. The summed E-state index contributed by atoms with van der Waals surface area (Å²) in [6.07, 6.45) is 2.19. The third-order valence-electron chi connectivity index (χ3n) is 2.91. The van der Waals surface area contributed by atoms with Crippen molar-refractivity contribution < 1.29 is 33.8 Å². The first-order valence-corrected chi connectivity index (χ1v) is 9.20. The van der Waals surface area contributed by atoms with Crippen LogP contribution in [0, 0.1) is 0 Å². The maximum Gasteiger partial charge on any atom is 0.369 e. The smallest absolute Gasteiger partial charge is 0.367 e. The Morgan fingerprint density at radius 3 is 1.80 bits per heavy atom. The van der Waals surface area contributed by atoms with Gasteiger partial charge in [-0.05, 0) is 20.0 Å². The Bertz CT molecular complexity index is 347. The molecule has 0 aromatic heterocycles. The van der Waals surface area contributed by atoms with Crippen LogP contribution in [-0.4, -0.2) is 84.4 Å². The van der Waals surface area contributed by atoms with E-state index in [1.165, 1.54) is 0 Å². The maximum atomic E-state index is 11.1. The Morgan fingerprint density at radius 1 is 1.00 bits per heavy atom. The molecular formula is C9H23NNaO7P2. The minimum Gasteiger partial charge on any atom is -0.367 e. The Morgan fingerprint density at radius 2 is 1.45 bits per heavy atom. The molecule has 11 heteroatoms. The second-order valence-electron chi connectivity index (χ2n) is 4.62. The summed E-state index contributed by atoms with van der Waals surface area (Å²) >= 11 is 0. The van der Waals surface area contributed by atoms with Gasteiger partial charge in [0, 0.05) is 42.5 Å². The van der Waals surface area contributed by atoms with Gasteiger partial charge in [-0.1, -0.05) is 19.8 Å². The monoisotopic (exact) mass is 342 g/mol. The fourth-order valence-corrected chi connectivity index (χ4v) is 3.69. The average molecular weight is 342 g/mol. The molecule has 0 unspecified atom stereocenters. The zero-order valence-electron chi connectivity index (χ0n) is 12.1. The van der Waals surface area contributed by atoms with Gasteiger partial charge in [-0.2, -0.15) is 0 Å². The molecular weight excluding hydrogens is 319 g/mol. The Balaban J connectivity index is 0. The van der Waals surface area contributed by atoms with E-state index >= 15 is 0 Å². The van der Waals surface area contributed by atoms with Crippen molar-refractivity contribution in [1.82, 2.24) is 4.90 Å². The standard InChI is InChI=1S/C9H23NO7P2.Na/c1-3-4-5-7-10(2)8-6-9(11,18(12,13)14)19(15,16)17;/h11H,3-8H2,1-2H3,(H2,12,13,14)(H2,15,16,17);. The molecule has 0 amide bonds. The van der Waals surface area contributed by atoms with Crippen LogP contribution in [0.4, 0.5) is 0 Å².